The van der Waals surface area contributed by atoms with Gasteiger partial charge in [-0.25, -0.2) is 9.97 Å². The average molecular weight is 324 g/mol. The van der Waals surface area contributed by atoms with Crippen LogP contribution in [0.25, 0.3) is 11.4 Å². The number of rotatable bonds is 5. The number of aryl methyl sites for hydroxylation is 2. The van der Waals surface area contributed by atoms with E-state index in [4.69, 9.17) is 0 Å². The summed E-state index contributed by atoms with van der Waals surface area (Å²) >= 11 is 1.79. The number of nitrogens with zero attached hydrogens (tertiary/aromatic N) is 3. The van der Waals surface area contributed by atoms with Crippen LogP contribution in [0, 0.1) is 13.8 Å². The van der Waals surface area contributed by atoms with Crippen molar-refractivity contribution in [3.8, 4) is 11.4 Å². The molecule has 4 nitrogen and oxygen atoms in total. The van der Waals surface area contributed by atoms with Crippen molar-refractivity contribution in [3.63, 3.8) is 0 Å². The van der Waals surface area contributed by atoms with Gasteiger partial charge in [-0.15, -0.1) is 11.3 Å². The Morgan fingerprint density at radius 2 is 1.96 bits per heavy atom. The van der Waals surface area contributed by atoms with Gasteiger partial charge < -0.3 is 5.32 Å². The lowest BCUT2D eigenvalue weighted by molar-refractivity contribution is 0.571. The van der Waals surface area contributed by atoms with Crippen molar-refractivity contribution < 1.29 is 0 Å². The first-order valence-electron chi connectivity index (χ1n) is 7.65. The van der Waals surface area contributed by atoms with Crippen LogP contribution in [0.4, 0.5) is 0 Å². The molecule has 0 fully saturated rings. The summed E-state index contributed by atoms with van der Waals surface area (Å²) in [6.07, 6.45) is 5.45. The molecule has 0 saturated carbocycles. The Hall–Kier alpha value is -2.11. The molecule has 0 amide bonds. The second-order valence-electron chi connectivity index (χ2n) is 5.60. The van der Waals surface area contributed by atoms with Gasteiger partial charge in [0.2, 0.25) is 0 Å². The van der Waals surface area contributed by atoms with E-state index in [2.05, 4.69) is 45.6 Å². The van der Waals surface area contributed by atoms with Crippen molar-refractivity contribution in [3.05, 3.63) is 63.9 Å². The fourth-order valence-electron chi connectivity index (χ4n) is 2.48. The van der Waals surface area contributed by atoms with Gasteiger partial charge in [-0.1, -0.05) is 0 Å². The number of aromatic nitrogens is 3. The summed E-state index contributed by atoms with van der Waals surface area (Å²) in [6, 6.07) is 6.22. The Kier molecular flexibility index (Phi) is 4.79. The van der Waals surface area contributed by atoms with Gasteiger partial charge in [-0.3, -0.25) is 4.98 Å². The predicted octanol–water partition coefficient (Wildman–Crippen LogP) is 4.07. The van der Waals surface area contributed by atoms with E-state index in [-0.39, 0.29) is 6.04 Å². The maximum Gasteiger partial charge on any atom is 0.159 e. The van der Waals surface area contributed by atoms with E-state index in [0.29, 0.717) is 0 Å². The zero-order valence-corrected chi connectivity index (χ0v) is 14.4. The molecular weight excluding hydrogens is 304 g/mol. The van der Waals surface area contributed by atoms with Gasteiger partial charge in [0.05, 0.1) is 0 Å². The van der Waals surface area contributed by atoms with Crippen LogP contribution in [0.1, 0.15) is 34.7 Å². The zero-order valence-electron chi connectivity index (χ0n) is 13.6. The molecule has 0 aromatic carbocycles. The smallest absolute Gasteiger partial charge is 0.159 e. The summed E-state index contributed by atoms with van der Waals surface area (Å²) in [5.41, 5.74) is 4.48. The summed E-state index contributed by atoms with van der Waals surface area (Å²) in [6.45, 7) is 7.21. The fraction of sp³-hybridized carbons (Fsp3) is 0.278. The first-order valence-corrected chi connectivity index (χ1v) is 8.53. The quantitative estimate of drug-likeness (QED) is 0.768. The lowest BCUT2D eigenvalue weighted by atomic mass is 10.1. The Morgan fingerprint density at radius 1 is 1.17 bits per heavy atom. The summed E-state index contributed by atoms with van der Waals surface area (Å²) in [7, 11) is 0. The molecule has 1 atom stereocenters. The van der Waals surface area contributed by atoms with Gasteiger partial charge in [0, 0.05) is 52.9 Å². The third kappa shape index (κ3) is 3.63. The van der Waals surface area contributed by atoms with Crippen molar-refractivity contribution in [2.75, 3.05) is 0 Å². The SMILES string of the molecule is Cc1ccsc1CN[C@@H](C)c1cnc(-c2ccncc2)nc1C. The molecular formula is C18H20N4S. The molecule has 3 rings (SSSR count). The molecule has 1 N–H and O–H groups in total. The minimum absolute atomic E-state index is 0.211. The summed E-state index contributed by atoms with van der Waals surface area (Å²) in [4.78, 5) is 14.6. The molecule has 0 bridgehead atoms. The largest absolute Gasteiger partial charge is 0.305 e. The number of nitrogens with one attached hydrogen (secondary N) is 1. The van der Waals surface area contributed by atoms with E-state index >= 15 is 0 Å². The first kappa shape index (κ1) is 15.8. The highest BCUT2D eigenvalue weighted by molar-refractivity contribution is 7.10. The van der Waals surface area contributed by atoms with E-state index in [0.717, 1.165) is 29.2 Å². The van der Waals surface area contributed by atoms with E-state index in [9.17, 15) is 0 Å². The molecule has 0 aliphatic rings. The van der Waals surface area contributed by atoms with E-state index < -0.39 is 0 Å². The highest BCUT2D eigenvalue weighted by Crippen LogP contribution is 2.21. The van der Waals surface area contributed by atoms with Crippen LogP contribution in [-0.2, 0) is 6.54 Å². The van der Waals surface area contributed by atoms with Crippen molar-refractivity contribution in [1.82, 2.24) is 20.3 Å². The third-order valence-corrected chi connectivity index (χ3v) is 4.98. The number of thiophene rings is 1. The molecule has 0 spiro atoms. The Bertz CT molecular complexity index is 783. The molecule has 0 radical (unpaired) electrons. The van der Waals surface area contributed by atoms with Gasteiger partial charge in [-0.2, -0.15) is 0 Å². The van der Waals surface area contributed by atoms with Crippen molar-refractivity contribution in [2.45, 2.75) is 33.4 Å². The van der Waals surface area contributed by atoms with Gasteiger partial charge in [0.15, 0.2) is 5.82 Å². The molecule has 5 heteroatoms. The van der Waals surface area contributed by atoms with Gasteiger partial charge in [-0.05, 0) is 49.9 Å². The lowest BCUT2D eigenvalue weighted by Crippen LogP contribution is -2.19. The van der Waals surface area contributed by atoms with Crippen molar-refractivity contribution in [2.24, 2.45) is 0 Å². The zero-order chi connectivity index (χ0) is 16.2. The maximum atomic E-state index is 4.65. The Balaban J connectivity index is 1.74. The minimum Gasteiger partial charge on any atom is -0.305 e. The van der Waals surface area contributed by atoms with Crippen molar-refractivity contribution in [1.29, 1.82) is 0 Å². The van der Waals surface area contributed by atoms with E-state index in [1.807, 2.05) is 25.3 Å². The van der Waals surface area contributed by atoms with Crippen LogP contribution in [0.3, 0.4) is 0 Å². The monoisotopic (exact) mass is 324 g/mol. The summed E-state index contributed by atoms with van der Waals surface area (Å²) in [5.74, 6) is 0.745. The molecule has 23 heavy (non-hydrogen) atoms. The Labute approximate surface area is 140 Å². The number of hydrogen-bond donors (Lipinski definition) is 1. The minimum atomic E-state index is 0.211. The summed E-state index contributed by atoms with van der Waals surface area (Å²) in [5, 5.41) is 5.70. The molecule has 3 heterocycles. The Morgan fingerprint density at radius 3 is 2.61 bits per heavy atom. The molecule has 0 saturated heterocycles. The van der Waals surface area contributed by atoms with Gasteiger partial charge in [0.25, 0.3) is 0 Å². The topological polar surface area (TPSA) is 50.7 Å². The fourth-order valence-corrected chi connectivity index (χ4v) is 3.34. The highest BCUT2D eigenvalue weighted by Gasteiger charge is 2.12. The van der Waals surface area contributed by atoms with Crippen LogP contribution < -0.4 is 5.32 Å². The predicted molar refractivity (Wildman–Crippen MR) is 94.3 cm³/mol. The standard InChI is InChI=1S/C18H20N4S/c1-12-6-9-23-17(12)11-20-13(2)16-10-21-18(22-14(16)3)15-4-7-19-8-5-15/h4-10,13,20H,11H2,1-3H3/t13-/m0/s1. The second kappa shape index (κ2) is 6.98. The molecule has 3 aromatic rings. The van der Waals surface area contributed by atoms with Gasteiger partial charge in [0.1, 0.15) is 0 Å². The van der Waals surface area contributed by atoms with Crippen LogP contribution in [-0.4, -0.2) is 15.0 Å². The molecule has 0 aliphatic heterocycles. The molecule has 118 valence electrons. The normalized spacial score (nSPS) is 12.3. The van der Waals surface area contributed by atoms with Crippen LogP contribution in [0.2, 0.25) is 0 Å². The number of pyridine rings is 1. The molecule has 3 aromatic heterocycles. The van der Waals surface area contributed by atoms with E-state index in [1.165, 1.54) is 10.4 Å². The second-order valence-corrected chi connectivity index (χ2v) is 6.60. The maximum absolute atomic E-state index is 4.65. The molecule has 0 aliphatic carbocycles. The summed E-state index contributed by atoms with van der Waals surface area (Å²) < 4.78 is 0. The van der Waals surface area contributed by atoms with Gasteiger partial charge >= 0.3 is 0 Å². The third-order valence-electron chi connectivity index (χ3n) is 3.96. The van der Waals surface area contributed by atoms with Crippen LogP contribution in [0.15, 0.2) is 42.2 Å². The number of hydrogen-bond acceptors (Lipinski definition) is 5. The van der Waals surface area contributed by atoms with Crippen molar-refractivity contribution >= 4 is 11.3 Å². The lowest BCUT2D eigenvalue weighted by Gasteiger charge is -2.16. The van der Waals surface area contributed by atoms with E-state index in [1.54, 1.807) is 23.7 Å². The average Bonchev–Trinajstić information content (AvgIpc) is 2.98. The first-order chi connectivity index (χ1) is 11.1. The highest BCUT2D eigenvalue weighted by atomic mass is 32.1. The van der Waals surface area contributed by atoms with Crippen LogP contribution >= 0.6 is 11.3 Å². The molecule has 0 unspecified atom stereocenters. The van der Waals surface area contributed by atoms with Crippen LogP contribution in [0.5, 0.6) is 0 Å².